The van der Waals surface area contributed by atoms with Gasteiger partial charge in [0.25, 0.3) is 0 Å². The first-order chi connectivity index (χ1) is 12.6. The molecule has 0 atom stereocenters. The molecule has 2 N–H and O–H groups in total. The van der Waals surface area contributed by atoms with Crippen LogP contribution in [0.25, 0.3) is 6.08 Å². The van der Waals surface area contributed by atoms with Crippen molar-refractivity contribution >= 4 is 11.9 Å². The van der Waals surface area contributed by atoms with Gasteiger partial charge in [-0.25, -0.2) is 0 Å². The lowest BCUT2D eigenvalue weighted by atomic mass is 10.0. The predicted octanol–water partition coefficient (Wildman–Crippen LogP) is 2.89. The van der Waals surface area contributed by atoms with E-state index in [-0.39, 0.29) is 11.5 Å². The van der Waals surface area contributed by atoms with Crippen LogP contribution in [-0.4, -0.2) is 24.0 Å². The van der Waals surface area contributed by atoms with Gasteiger partial charge in [0.05, 0.1) is 24.2 Å². The summed E-state index contributed by atoms with van der Waals surface area (Å²) in [4.78, 5) is 14.2. The Balaban J connectivity index is 1.64. The number of aromatic hydroxyl groups is 1. The first-order valence-corrected chi connectivity index (χ1v) is 9.31. The minimum atomic E-state index is -0.115. The number of hydrogen-bond donors (Lipinski definition) is 2. The van der Waals surface area contributed by atoms with Crippen LogP contribution in [0.4, 0.5) is 0 Å². The van der Waals surface area contributed by atoms with Crippen molar-refractivity contribution < 1.29 is 19.5 Å². The number of carbonyl (C=O) groups excluding carboxylic acids is 1. The normalized spacial score (nSPS) is 18.8. The van der Waals surface area contributed by atoms with Crippen LogP contribution in [0.15, 0.2) is 42.2 Å². The Morgan fingerprint density at radius 3 is 2.54 bits per heavy atom. The minimum absolute atomic E-state index is 0.115. The Bertz CT molecular complexity index is 862. The summed E-state index contributed by atoms with van der Waals surface area (Å²) in [6.07, 6.45) is 5.48. The number of likely N-dealkylation sites (tertiary alicyclic amines) is 1. The molecule has 0 spiro atoms. The van der Waals surface area contributed by atoms with E-state index in [0.29, 0.717) is 23.6 Å². The van der Waals surface area contributed by atoms with Crippen LogP contribution in [0.1, 0.15) is 46.3 Å². The summed E-state index contributed by atoms with van der Waals surface area (Å²) in [7, 11) is 0. The first kappa shape index (κ1) is 16.9. The van der Waals surface area contributed by atoms with Gasteiger partial charge < -0.3 is 14.7 Å². The van der Waals surface area contributed by atoms with E-state index in [2.05, 4.69) is 0 Å². The third-order valence-corrected chi connectivity index (χ3v) is 5.28. The molecule has 4 heteroatoms. The highest BCUT2D eigenvalue weighted by Gasteiger charge is 2.32. The van der Waals surface area contributed by atoms with E-state index in [1.54, 1.807) is 18.2 Å². The molecule has 2 aromatic carbocycles. The van der Waals surface area contributed by atoms with E-state index in [1.165, 1.54) is 29.7 Å². The van der Waals surface area contributed by atoms with Crippen LogP contribution in [-0.2, 0) is 6.54 Å². The molecule has 1 fully saturated rings. The Kier molecular flexibility index (Phi) is 4.51. The maximum Gasteiger partial charge on any atom is 0.231 e. The Hall–Kier alpha value is -2.59. The lowest BCUT2D eigenvalue weighted by Gasteiger charge is -2.24. The summed E-state index contributed by atoms with van der Waals surface area (Å²) in [5, 5.41) is 10.4. The zero-order chi connectivity index (χ0) is 18.1. The number of Topliss-reactive ketones (excluding diaryl/α,β-unsaturated/α-hetero) is 1. The van der Waals surface area contributed by atoms with Gasteiger partial charge in [0.15, 0.2) is 11.5 Å². The van der Waals surface area contributed by atoms with Crippen molar-refractivity contribution in [2.75, 3.05) is 13.1 Å². The Labute approximate surface area is 153 Å². The van der Waals surface area contributed by atoms with Gasteiger partial charge in [0, 0.05) is 0 Å². The molecule has 0 amide bonds. The van der Waals surface area contributed by atoms with Crippen LogP contribution in [0, 0.1) is 6.92 Å². The molecular formula is C22H24NO3+. The topological polar surface area (TPSA) is 51.0 Å². The SMILES string of the molecule is Cc1ccc(/C=C2\Oc3c(ccc(O)c3C[NH+]3CCCCC3)C2=O)cc1. The molecule has 2 aromatic rings. The molecule has 4 nitrogen and oxygen atoms in total. The number of ether oxygens (including phenoxy) is 1. The number of allylic oxidation sites excluding steroid dienone is 1. The fourth-order valence-electron chi connectivity index (χ4n) is 3.76. The summed E-state index contributed by atoms with van der Waals surface area (Å²) in [6.45, 7) is 4.92. The number of fused-ring (bicyclic) bond motifs is 1. The monoisotopic (exact) mass is 350 g/mol. The molecule has 2 aliphatic rings. The van der Waals surface area contributed by atoms with E-state index in [0.717, 1.165) is 24.2 Å². The van der Waals surface area contributed by atoms with Crippen LogP contribution in [0.5, 0.6) is 11.5 Å². The zero-order valence-electron chi connectivity index (χ0n) is 15.0. The number of rotatable bonds is 3. The van der Waals surface area contributed by atoms with Crippen LogP contribution in [0.3, 0.4) is 0 Å². The van der Waals surface area contributed by atoms with E-state index in [9.17, 15) is 9.90 Å². The molecule has 4 rings (SSSR count). The van der Waals surface area contributed by atoms with Gasteiger partial charge in [0.1, 0.15) is 12.3 Å². The zero-order valence-corrected chi connectivity index (χ0v) is 15.0. The van der Waals surface area contributed by atoms with Crippen LogP contribution in [0.2, 0.25) is 0 Å². The number of quaternary nitrogens is 1. The Morgan fingerprint density at radius 1 is 1.08 bits per heavy atom. The van der Waals surface area contributed by atoms with Gasteiger partial charge in [-0.15, -0.1) is 0 Å². The highest BCUT2D eigenvalue weighted by atomic mass is 16.5. The average Bonchev–Trinajstić information content (AvgIpc) is 2.96. The van der Waals surface area contributed by atoms with E-state index >= 15 is 0 Å². The standard InChI is InChI=1S/C22H23NO3/c1-15-5-7-16(8-6-15)13-20-21(25)17-9-10-19(24)18(22(17)26-20)14-23-11-3-2-4-12-23/h5-10,13,24H,2-4,11-12,14H2,1H3/p+1/b20-13-. The molecular weight excluding hydrogens is 326 g/mol. The number of nitrogens with one attached hydrogen (secondary N) is 1. The lowest BCUT2D eigenvalue weighted by molar-refractivity contribution is -0.918. The van der Waals surface area contributed by atoms with Gasteiger partial charge in [0.2, 0.25) is 5.78 Å². The van der Waals surface area contributed by atoms with Crippen molar-refractivity contribution in [1.82, 2.24) is 0 Å². The fraction of sp³-hybridized carbons (Fsp3) is 0.318. The highest BCUT2D eigenvalue weighted by molar-refractivity contribution is 6.14. The number of phenols is 1. The highest BCUT2D eigenvalue weighted by Crippen LogP contribution is 2.39. The number of carbonyl (C=O) groups is 1. The third kappa shape index (κ3) is 3.25. The van der Waals surface area contributed by atoms with Gasteiger partial charge in [-0.3, -0.25) is 4.79 Å². The largest absolute Gasteiger partial charge is 0.507 e. The molecule has 134 valence electrons. The Morgan fingerprint density at radius 2 is 1.81 bits per heavy atom. The number of piperidine rings is 1. The second-order valence-corrected chi connectivity index (χ2v) is 7.28. The molecule has 0 bridgehead atoms. The van der Waals surface area contributed by atoms with Crippen molar-refractivity contribution in [3.63, 3.8) is 0 Å². The molecule has 0 aliphatic carbocycles. The third-order valence-electron chi connectivity index (χ3n) is 5.28. The van der Waals surface area contributed by atoms with Gasteiger partial charge >= 0.3 is 0 Å². The predicted molar refractivity (Wildman–Crippen MR) is 100 cm³/mol. The quantitative estimate of drug-likeness (QED) is 0.837. The molecule has 0 aromatic heterocycles. The first-order valence-electron chi connectivity index (χ1n) is 9.31. The average molecular weight is 350 g/mol. The summed E-state index contributed by atoms with van der Waals surface area (Å²) >= 11 is 0. The van der Waals surface area contributed by atoms with Crippen molar-refractivity contribution in [2.24, 2.45) is 0 Å². The van der Waals surface area contributed by atoms with Crippen LogP contribution < -0.4 is 9.64 Å². The van der Waals surface area contributed by atoms with Crippen molar-refractivity contribution in [3.8, 4) is 11.5 Å². The molecule has 0 saturated carbocycles. The summed E-state index contributed by atoms with van der Waals surface area (Å²) in [5.41, 5.74) is 3.40. The number of benzene rings is 2. The van der Waals surface area contributed by atoms with Crippen molar-refractivity contribution in [1.29, 1.82) is 0 Å². The summed E-state index contributed by atoms with van der Waals surface area (Å²) in [5.74, 6) is 0.956. The maximum atomic E-state index is 12.7. The number of aryl methyl sites for hydroxylation is 1. The van der Waals surface area contributed by atoms with E-state index in [4.69, 9.17) is 4.74 Å². The molecule has 0 unspecified atom stereocenters. The van der Waals surface area contributed by atoms with Gasteiger partial charge in [-0.2, -0.15) is 0 Å². The molecule has 1 saturated heterocycles. The summed E-state index contributed by atoms with van der Waals surface area (Å²) < 4.78 is 5.95. The van der Waals surface area contributed by atoms with Gasteiger partial charge in [-0.1, -0.05) is 29.8 Å². The second kappa shape index (κ2) is 6.96. The van der Waals surface area contributed by atoms with Crippen molar-refractivity contribution in [2.45, 2.75) is 32.7 Å². The lowest BCUT2D eigenvalue weighted by Crippen LogP contribution is -3.11. The fourth-order valence-corrected chi connectivity index (χ4v) is 3.76. The molecule has 26 heavy (non-hydrogen) atoms. The van der Waals surface area contributed by atoms with Crippen molar-refractivity contribution in [3.05, 3.63) is 64.4 Å². The number of hydrogen-bond acceptors (Lipinski definition) is 3. The molecule has 0 radical (unpaired) electrons. The second-order valence-electron chi connectivity index (χ2n) is 7.28. The molecule has 2 heterocycles. The smallest absolute Gasteiger partial charge is 0.231 e. The minimum Gasteiger partial charge on any atom is -0.507 e. The van der Waals surface area contributed by atoms with Crippen LogP contribution >= 0.6 is 0 Å². The number of phenolic OH excluding ortho intramolecular Hbond substituents is 1. The van der Waals surface area contributed by atoms with Gasteiger partial charge in [-0.05, 0) is 50.0 Å². The van der Waals surface area contributed by atoms with E-state index < -0.39 is 0 Å². The number of ketones is 1. The van der Waals surface area contributed by atoms with E-state index in [1.807, 2.05) is 31.2 Å². The maximum absolute atomic E-state index is 12.7. The summed E-state index contributed by atoms with van der Waals surface area (Å²) in [6, 6.07) is 11.2. The molecule has 2 aliphatic heterocycles.